The van der Waals surface area contributed by atoms with Crippen LogP contribution in [0.25, 0.3) is 0 Å². The van der Waals surface area contributed by atoms with E-state index in [1.54, 1.807) is 23.9 Å². The molecule has 4 rings (SSSR count). The zero-order valence-electron chi connectivity index (χ0n) is 19.5. The first-order valence-electron chi connectivity index (χ1n) is 11.6. The molecule has 2 aromatic heterocycles. The van der Waals surface area contributed by atoms with E-state index in [0.29, 0.717) is 36.6 Å². The summed E-state index contributed by atoms with van der Waals surface area (Å²) >= 11 is 0. The summed E-state index contributed by atoms with van der Waals surface area (Å²) in [5, 5.41) is 17.2. The number of carbonyl (C=O) groups is 1. The zero-order valence-corrected chi connectivity index (χ0v) is 19.5. The van der Waals surface area contributed by atoms with Gasteiger partial charge in [0, 0.05) is 38.9 Å². The Morgan fingerprint density at radius 1 is 1.38 bits per heavy atom. The molecule has 0 fully saturated rings. The van der Waals surface area contributed by atoms with Crippen LogP contribution in [0.15, 0.2) is 42.0 Å². The average molecular weight is 471 g/mol. The predicted molar refractivity (Wildman–Crippen MR) is 126 cm³/mol. The summed E-state index contributed by atoms with van der Waals surface area (Å²) in [5.41, 5.74) is 3.55. The molecule has 8 nitrogen and oxygen atoms in total. The Morgan fingerprint density at radius 2 is 2.24 bits per heavy atom. The SMILES string of the molecule is COC1C=CC(C(CC(=O)O)Cc2cc(OCCc3ccc4c(n3)NCCC4)n(C)n2)=CC1F. The van der Waals surface area contributed by atoms with Crippen LogP contribution in [-0.2, 0) is 35.8 Å². The van der Waals surface area contributed by atoms with Gasteiger partial charge in [-0.05, 0) is 48.5 Å². The van der Waals surface area contributed by atoms with E-state index in [4.69, 9.17) is 9.47 Å². The summed E-state index contributed by atoms with van der Waals surface area (Å²) in [6.45, 7) is 1.39. The van der Waals surface area contributed by atoms with Gasteiger partial charge in [-0.25, -0.2) is 14.1 Å². The first-order valence-corrected chi connectivity index (χ1v) is 11.6. The van der Waals surface area contributed by atoms with Crippen molar-refractivity contribution in [3.8, 4) is 5.88 Å². The molecular weight excluding hydrogens is 439 g/mol. The second kappa shape index (κ2) is 10.8. The molecule has 0 saturated heterocycles. The maximum atomic E-state index is 14.3. The zero-order chi connectivity index (χ0) is 24.1. The van der Waals surface area contributed by atoms with Gasteiger partial charge in [0.1, 0.15) is 18.1 Å². The van der Waals surface area contributed by atoms with E-state index < -0.39 is 24.2 Å². The molecule has 2 aliphatic rings. The van der Waals surface area contributed by atoms with Crippen LogP contribution in [0.3, 0.4) is 0 Å². The van der Waals surface area contributed by atoms with E-state index in [1.807, 2.05) is 12.1 Å². The van der Waals surface area contributed by atoms with Crippen LogP contribution in [0.4, 0.5) is 10.2 Å². The van der Waals surface area contributed by atoms with E-state index in [0.717, 1.165) is 30.9 Å². The number of aryl methyl sites for hydroxylation is 2. The lowest BCUT2D eigenvalue weighted by atomic mass is 9.87. The van der Waals surface area contributed by atoms with Crippen LogP contribution < -0.4 is 10.1 Å². The molecule has 34 heavy (non-hydrogen) atoms. The Balaban J connectivity index is 1.38. The number of nitrogens with zero attached hydrogens (tertiary/aromatic N) is 3. The number of pyridine rings is 1. The number of hydrogen-bond acceptors (Lipinski definition) is 6. The highest BCUT2D eigenvalue weighted by atomic mass is 19.1. The fourth-order valence-electron chi connectivity index (χ4n) is 4.41. The van der Waals surface area contributed by atoms with Crippen molar-refractivity contribution in [2.24, 2.45) is 13.0 Å². The minimum Gasteiger partial charge on any atom is -0.481 e. The molecule has 2 aromatic rings. The fraction of sp³-hybridized carbons (Fsp3) is 0.480. The van der Waals surface area contributed by atoms with Gasteiger partial charge in [-0.15, -0.1) is 0 Å². The van der Waals surface area contributed by atoms with E-state index in [1.165, 1.54) is 18.7 Å². The Hall–Kier alpha value is -3.20. The Morgan fingerprint density at radius 3 is 3.00 bits per heavy atom. The minimum absolute atomic E-state index is 0.120. The lowest BCUT2D eigenvalue weighted by Gasteiger charge is -2.23. The summed E-state index contributed by atoms with van der Waals surface area (Å²) in [4.78, 5) is 16.1. The number of anilines is 1. The minimum atomic E-state index is -1.31. The molecular formula is C25H31FN4O4. The second-order valence-corrected chi connectivity index (χ2v) is 8.71. The second-order valence-electron chi connectivity index (χ2n) is 8.71. The molecule has 182 valence electrons. The number of methoxy groups -OCH3 is 1. The number of allylic oxidation sites excluding steroid dienone is 2. The van der Waals surface area contributed by atoms with Crippen molar-refractivity contribution in [2.75, 3.05) is 25.6 Å². The lowest BCUT2D eigenvalue weighted by molar-refractivity contribution is -0.137. The van der Waals surface area contributed by atoms with Crippen molar-refractivity contribution < 1.29 is 23.8 Å². The number of hydrogen-bond donors (Lipinski definition) is 2. The van der Waals surface area contributed by atoms with Crippen LogP contribution in [0.2, 0.25) is 0 Å². The van der Waals surface area contributed by atoms with Gasteiger partial charge >= 0.3 is 5.97 Å². The number of rotatable bonds is 10. The normalized spacial score (nSPS) is 20.3. The van der Waals surface area contributed by atoms with Crippen LogP contribution in [0, 0.1) is 5.92 Å². The molecule has 0 aromatic carbocycles. The van der Waals surface area contributed by atoms with E-state index in [9.17, 15) is 14.3 Å². The third kappa shape index (κ3) is 5.83. The summed E-state index contributed by atoms with van der Waals surface area (Å²) in [6.07, 6.45) is 5.95. The third-order valence-electron chi connectivity index (χ3n) is 6.21. The molecule has 1 aliphatic heterocycles. The van der Waals surface area contributed by atoms with Gasteiger partial charge in [0.15, 0.2) is 0 Å². The molecule has 0 amide bonds. The monoisotopic (exact) mass is 470 g/mol. The highest BCUT2D eigenvalue weighted by Gasteiger charge is 2.26. The van der Waals surface area contributed by atoms with Gasteiger partial charge in [-0.3, -0.25) is 4.79 Å². The number of aromatic nitrogens is 3. The van der Waals surface area contributed by atoms with Crippen molar-refractivity contribution in [3.05, 3.63) is 59.0 Å². The molecule has 2 N–H and O–H groups in total. The van der Waals surface area contributed by atoms with Crippen molar-refractivity contribution >= 4 is 11.8 Å². The number of aliphatic carboxylic acids is 1. The van der Waals surface area contributed by atoms with Gasteiger partial charge in [-0.2, -0.15) is 5.10 Å². The average Bonchev–Trinajstić information content (AvgIpc) is 3.17. The fourth-order valence-corrected chi connectivity index (χ4v) is 4.41. The number of halogens is 1. The number of fused-ring (bicyclic) bond motifs is 1. The standard InChI is InChI=1S/C25H31FN4O4/c1-30-23(34-11-9-19-7-5-16-4-3-10-27-25(16)28-19)15-20(29-30)12-18(14-24(31)32)17-6-8-22(33-2)21(26)13-17/h5-8,13,15,18,21-22H,3-4,9-12,14H2,1-2H3,(H,27,28)(H,31,32). The van der Waals surface area contributed by atoms with Crippen LogP contribution >= 0.6 is 0 Å². The molecule has 3 atom stereocenters. The first kappa shape index (κ1) is 23.9. The van der Waals surface area contributed by atoms with Gasteiger partial charge in [0.25, 0.3) is 0 Å². The maximum Gasteiger partial charge on any atom is 0.303 e. The molecule has 0 saturated carbocycles. The highest BCUT2D eigenvalue weighted by molar-refractivity contribution is 5.68. The van der Waals surface area contributed by atoms with Crippen molar-refractivity contribution in [1.82, 2.24) is 14.8 Å². The van der Waals surface area contributed by atoms with Crippen LogP contribution in [0.5, 0.6) is 5.88 Å². The number of carboxylic acids is 1. The number of carboxylic acid groups (broad SMARTS) is 1. The largest absolute Gasteiger partial charge is 0.481 e. The van der Waals surface area contributed by atoms with E-state index >= 15 is 0 Å². The lowest BCUT2D eigenvalue weighted by Crippen LogP contribution is -2.25. The highest BCUT2D eigenvalue weighted by Crippen LogP contribution is 2.28. The Labute approximate surface area is 198 Å². The Kier molecular flexibility index (Phi) is 7.62. The molecule has 0 spiro atoms. The van der Waals surface area contributed by atoms with Gasteiger partial charge in [0.05, 0.1) is 18.7 Å². The molecule has 3 heterocycles. The van der Waals surface area contributed by atoms with Gasteiger partial charge in [0.2, 0.25) is 5.88 Å². The Bertz CT molecular complexity index is 1080. The number of alkyl halides is 1. The number of ether oxygens (including phenoxy) is 2. The van der Waals surface area contributed by atoms with E-state index in [-0.39, 0.29) is 6.42 Å². The summed E-state index contributed by atoms with van der Waals surface area (Å²) in [6, 6.07) is 5.98. The quantitative estimate of drug-likeness (QED) is 0.550. The van der Waals surface area contributed by atoms with Gasteiger partial charge in [-0.1, -0.05) is 18.2 Å². The first-order chi connectivity index (χ1) is 16.4. The molecule has 0 bridgehead atoms. The number of nitrogens with one attached hydrogen (secondary N) is 1. The molecule has 1 aliphatic carbocycles. The molecule has 3 unspecified atom stereocenters. The predicted octanol–water partition coefficient (Wildman–Crippen LogP) is 3.28. The summed E-state index contributed by atoms with van der Waals surface area (Å²) in [5.74, 6) is 0.216. The van der Waals surface area contributed by atoms with E-state index in [2.05, 4.69) is 21.5 Å². The molecule has 0 radical (unpaired) electrons. The van der Waals surface area contributed by atoms with Crippen molar-refractivity contribution in [3.63, 3.8) is 0 Å². The smallest absolute Gasteiger partial charge is 0.303 e. The van der Waals surface area contributed by atoms with Gasteiger partial charge < -0.3 is 19.9 Å². The topological polar surface area (TPSA) is 98.5 Å². The van der Waals surface area contributed by atoms with Crippen LogP contribution in [0.1, 0.15) is 29.8 Å². The molecule has 9 heteroatoms. The van der Waals surface area contributed by atoms with Crippen molar-refractivity contribution in [2.45, 2.75) is 44.4 Å². The maximum absolute atomic E-state index is 14.3. The third-order valence-corrected chi connectivity index (χ3v) is 6.21. The van der Waals surface area contributed by atoms with Crippen molar-refractivity contribution in [1.29, 1.82) is 0 Å². The van der Waals surface area contributed by atoms with Crippen LogP contribution in [-0.4, -0.2) is 58.4 Å². The summed E-state index contributed by atoms with van der Waals surface area (Å²) < 4.78 is 27.0. The summed E-state index contributed by atoms with van der Waals surface area (Å²) in [7, 11) is 3.23.